The first-order valence-electron chi connectivity index (χ1n) is 6.43. The molecular formula is C16H13BrFNO. The molecule has 2 aromatic rings. The molecule has 1 aliphatic heterocycles. The molecule has 0 aliphatic carbocycles. The second kappa shape index (κ2) is 5.02. The Labute approximate surface area is 125 Å². The fourth-order valence-electron chi connectivity index (χ4n) is 2.58. The SMILES string of the molecule is CC(=O)c1ccc(N2CCc3ccc(F)cc32)cc1Br. The predicted octanol–water partition coefficient (Wildman–Crippen LogP) is 4.49. The van der Waals surface area contributed by atoms with Gasteiger partial charge in [0.15, 0.2) is 5.78 Å². The van der Waals surface area contributed by atoms with Gasteiger partial charge in [0.25, 0.3) is 0 Å². The van der Waals surface area contributed by atoms with Gasteiger partial charge in [-0.05, 0) is 65.2 Å². The van der Waals surface area contributed by atoms with Gasteiger partial charge < -0.3 is 4.90 Å². The highest BCUT2D eigenvalue weighted by Crippen LogP contribution is 2.36. The summed E-state index contributed by atoms with van der Waals surface area (Å²) in [5, 5.41) is 0. The highest BCUT2D eigenvalue weighted by atomic mass is 79.9. The molecule has 1 heterocycles. The van der Waals surface area contributed by atoms with E-state index in [-0.39, 0.29) is 11.6 Å². The zero-order valence-electron chi connectivity index (χ0n) is 11.0. The monoisotopic (exact) mass is 333 g/mol. The fraction of sp³-hybridized carbons (Fsp3) is 0.188. The minimum absolute atomic E-state index is 0.0243. The first-order valence-corrected chi connectivity index (χ1v) is 7.22. The Balaban J connectivity index is 2.02. The van der Waals surface area contributed by atoms with Crippen molar-refractivity contribution in [3.63, 3.8) is 0 Å². The highest BCUT2D eigenvalue weighted by Gasteiger charge is 2.21. The summed E-state index contributed by atoms with van der Waals surface area (Å²) in [7, 11) is 0. The van der Waals surface area contributed by atoms with Gasteiger partial charge >= 0.3 is 0 Å². The van der Waals surface area contributed by atoms with Crippen molar-refractivity contribution in [2.75, 3.05) is 11.4 Å². The van der Waals surface area contributed by atoms with Gasteiger partial charge in [0.05, 0.1) is 0 Å². The Morgan fingerprint density at radius 1 is 1.25 bits per heavy atom. The highest BCUT2D eigenvalue weighted by molar-refractivity contribution is 9.10. The second-order valence-electron chi connectivity index (χ2n) is 4.90. The molecule has 20 heavy (non-hydrogen) atoms. The molecule has 0 aromatic heterocycles. The van der Waals surface area contributed by atoms with Crippen molar-refractivity contribution < 1.29 is 9.18 Å². The minimum atomic E-state index is -0.227. The lowest BCUT2D eigenvalue weighted by Crippen LogP contribution is -2.13. The van der Waals surface area contributed by atoms with Crippen LogP contribution in [0.2, 0.25) is 0 Å². The lowest BCUT2D eigenvalue weighted by atomic mass is 10.1. The van der Waals surface area contributed by atoms with E-state index >= 15 is 0 Å². The summed E-state index contributed by atoms with van der Waals surface area (Å²) in [5.41, 5.74) is 3.68. The molecule has 0 unspecified atom stereocenters. The average Bonchev–Trinajstić information content (AvgIpc) is 2.81. The van der Waals surface area contributed by atoms with E-state index in [2.05, 4.69) is 20.8 Å². The summed E-state index contributed by atoms with van der Waals surface area (Å²) >= 11 is 3.43. The summed E-state index contributed by atoms with van der Waals surface area (Å²) in [6.07, 6.45) is 0.904. The van der Waals surface area contributed by atoms with Crippen molar-refractivity contribution in [2.45, 2.75) is 13.3 Å². The predicted molar refractivity (Wildman–Crippen MR) is 81.3 cm³/mol. The van der Waals surface area contributed by atoms with Crippen molar-refractivity contribution in [3.05, 3.63) is 57.8 Å². The van der Waals surface area contributed by atoms with Crippen LogP contribution in [0, 0.1) is 5.82 Å². The minimum Gasteiger partial charge on any atom is -0.341 e. The molecule has 2 aromatic carbocycles. The van der Waals surface area contributed by atoms with Gasteiger partial charge in [-0.1, -0.05) is 6.07 Å². The first kappa shape index (κ1) is 13.3. The van der Waals surface area contributed by atoms with Gasteiger partial charge in [0.1, 0.15) is 5.82 Å². The molecule has 102 valence electrons. The Kier molecular flexibility index (Phi) is 3.34. The lowest BCUT2D eigenvalue weighted by molar-refractivity contribution is 0.101. The van der Waals surface area contributed by atoms with E-state index in [0.717, 1.165) is 34.4 Å². The number of fused-ring (bicyclic) bond motifs is 1. The topological polar surface area (TPSA) is 20.3 Å². The molecule has 0 bridgehead atoms. The van der Waals surface area contributed by atoms with E-state index in [1.54, 1.807) is 19.1 Å². The molecule has 0 saturated heterocycles. The summed E-state index contributed by atoms with van der Waals surface area (Å²) in [5.74, 6) is -0.202. The number of rotatable bonds is 2. The molecule has 0 saturated carbocycles. The van der Waals surface area contributed by atoms with E-state index in [9.17, 15) is 9.18 Å². The largest absolute Gasteiger partial charge is 0.341 e. The molecule has 0 amide bonds. The molecule has 0 spiro atoms. The maximum absolute atomic E-state index is 13.4. The number of carbonyl (C=O) groups excluding carboxylic acids is 1. The summed E-state index contributed by atoms with van der Waals surface area (Å²) in [6.45, 7) is 2.37. The number of nitrogens with zero attached hydrogens (tertiary/aromatic N) is 1. The van der Waals surface area contributed by atoms with E-state index < -0.39 is 0 Å². The third-order valence-corrected chi connectivity index (χ3v) is 4.24. The molecule has 0 fully saturated rings. The van der Waals surface area contributed by atoms with Crippen molar-refractivity contribution in [1.82, 2.24) is 0 Å². The molecule has 2 nitrogen and oxygen atoms in total. The van der Waals surface area contributed by atoms with Gasteiger partial charge in [0.2, 0.25) is 0 Å². The third-order valence-electron chi connectivity index (χ3n) is 3.59. The van der Waals surface area contributed by atoms with Crippen LogP contribution in [0.4, 0.5) is 15.8 Å². The van der Waals surface area contributed by atoms with Gasteiger partial charge in [-0.25, -0.2) is 4.39 Å². The number of anilines is 2. The molecule has 3 rings (SSSR count). The summed E-state index contributed by atoms with van der Waals surface area (Å²) in [4.78, 5) is 13.5. The van der Waals surface area contributed by atoms with Crippen LogP contribution < -0.4 is 4.90 Å². The van der Waals surface area contributed by atoms with E-state index in [0.29, 0.717) is 5.56 Å². The zero-order chi connectivity index (χ0) is 14.3. The Bertz CT molecular complexity index is 699. The molecule has 0 N–H and O–H groups in total. The molecular weight excluding hydrogens is 321 g/mol. The van der Waals surface area contributed by atoms with Crippen molar-refractivity contribution in [3.8, 4) is 0 Å². The fourth-order valence-corrected chi connectivity index (χ4v) is 3.22. The number of hydrogen-bond acceptors (Lipinski definition) is 2. The van der Waals surface area contributed by atoms with Crippen LogP contribution in [0.25, 0.3) is 0 Å². The van der Waals surface area contributed by atoms with E-state index in [1.807, 2.05) is 18.2 Å². The Morgan fingerprint density at radius 3 is 2.75 bits per heavy atom. The first-order chi connectivity index (χ1) is 9.56. The van der Waals surface area contributed by atoms with Gasteiger partial charge in [-0.2, -0.15) is 0 Å². The lowest BCUT2D eigenvalue weighted by Gasteiger charge is -2.20. The molecule has 4 heteroatoms. The van der Waals surface area contributed by atoms with Crippen LogP contribution >= 0.6 is 15.9 Å². The van der Waals surface area contributed by atoms with E-state index in [1.165, 1.54) is 6.07 Å². The number of Topliss-reactive ketones (excluding diaryl/α,β-unsaturated/α-hetero) is 1. The number of halogens is 2. The maximum Gasteiger partial charge on any atom is 0.160 e. The zero-order valence-corrected chi connectivity index (χ0v) is 12.6. The normalized spacial score (nSPS) is 13.4. The van der Waals surface area contributed by atoms with Gasteiger partial charge in [0, 0.05) is 28.0 Å². The van der Waals surface area contributed by atoms with Crippen molar-refractivity contribution in [1.29, 1.82) is 0 Å². The number of benzene rings is 2. The van der Waals surface area contributed by atoms with Crippen LogP contribution in [0.1, 0.15) is 22.8 Å². The van der Waals surface area contributed by atoms with Gasteiger partial charge in [-0.3, -0.25) is 4.79 Å². The van der Waals surface area contributed by atoms with Crippen molar-refractivity contribution >= 4 is 33.1 Å². The standard InChI is InChI=1S/C16H13BrFNO/c1-10(20)14-5-4-13(9-15(14)17)19-7-6-11-2-3-12(18)8-16(11)19/h2-5,8-9H,6-7H2,1H3. The number of carbonyl (C=O) groups is 1. The average molecular weight is 334 g/mol. The number of hydrogen-bond donors (Lipinski definition) is 0. The van der Waals surface area contributed by atoms with Crippen LogP contribution in [-0.2, 0) is 6.42 Å². The Morgan fingerprint density at radius 2 is 2.05 bits per heavy atom. The quantitative estimate of drug-likeness (QED) is 0.755. The maximum atomic E-state index is 13.4. The summed E-state index contributed by atoms with van der Waals surface area (Å²) < 4.78 is 14.2. The second-order valence-corrected chi connectivity index (χ2v) is 5.75. The molecule has 1 aliphatic rings. The van der Waals surface area contributed by atoms with Crippen molar-refractivity contribution in [2.24, 2.45) is 0 Å². The van der Waals surface area contributed by atoms with Crippen LogP contribution in [0.3, 0.4) is 0 Å². The van der Waals surface area contributed by atoms with E-state index in [4.69, 9.17) is 0 Å². The van der Waals surface area contributed by atoms with Crippen LogP contribution in [0.15, 0.2) is 40.9 Å². The third kappa shape index (κ3) is 2.24. The molecule has 0 atom stereocenters. The Hall–Kier alpha value is -1.68. The van der Waals surface area contributed by atoms with Crippen LogP contribution in [-0.4, -0.2) is 12.3 Å². The number of ketones is 1. The molecule has 0 radical (unpaired) electrons. The van der Waals surface area contributed by atoms with Crippen LogP contribution in [0.5, 0.6) is 0 Å². The summed E-state index contributed by atoms with van der Waals surface area (Å²) in [6, 6.07) is 10.5. The van der Waals surface area contributed by atoms with Gasteiger partial charge in [-0.15, -0.1) is 0 Å². The smallest absolute Gasteiger partial charge is 0.160 e.